The van der Waals surface area contributed by atoms with Crippen molar-refractivity contribution >= 4 is 24.2 Å². The van der Waals surface area contributed by atoms with Gasteiger partial charge in [0, 0.05) is 10.0 Å². The lowest BCUT2D eigenvalue weighted by molar-refractivity contribution is 0.181. The molecule has 0 radical (unpaired) electrons. The van der Waals surface area contributed by atoms with E-state index < -0.39 is 8.32 Å². The van der Waals surface area contributed by atoms with Crippen molar-refractivity contribution in [2.75, 3.05) is 0 Å². The van der Waals surface area contributed by atoms with E-state index in [9.17, 15) is 4.39 Å². The standard InChI is InChI=1S/C15H22BrFOSi/c1-15(2,3)19(4,5)18-13-9-6-10-11(16)7-8-12(17)14(10)13/h7-8,13H,6,9H2,1-5H3. The molecule has 1 aromatic rings. The molecule has 2 rings (SSSR count). The van der Waals surface area contributed by atoms with Gasteiger partial charge in [-0.1, -0.05) is 36.7 Å². The van der Waals surface area contributed by atoms with Crippen molar-refractivity contribution < 1.29 is 8.82 Å². The van der Waals surface area contributed by atoms with Crippen LogP contribution in [0.5, 0.6) is 0 Å². The van der Waals surface area contributed by atoms with Crippen molar-refractivity contribution in [1.29, 1.82) is 0 Å². The molecule has 4 heteroatoms. The summed E-state index contributed by atoms with van der Waals surface area (Å²) < 4.78 is 21.5. The van der Waals surface area contributed by atoms with Gasteiger partial charge in [0.05, 0.1) is 6.10 Å². The average molecular weight is 345 g/mol. The maximum Gasteiger partial charge on any atom is 0.192 e. The molecule has 0 fully saturated rings. The second kappa shape index (κ2) is 4.97. The Balaban J connectivity index is 2.32. The maximum atomic E-state index is 14.1. The summed E-state index contributed by atoms with van der Waals surface area (Å²) in [5.41, 5.74) is 1.86. The van der Waals surface area contributed by atoms with Crippen molar-refractivity contribution in [3.8, 4) is 0 Å². The first-order valence-corrected chi connectivity index (χ1v) is 10.5. The van der Waals surface area contributed by atoms with Crippen molar-refractivity contribution in [1.82, 2.24) is 0 Å². The van der Waals surface area contributed by atoms with E-state index >= 15 is 0 Å². The van der Waals surface area contributed by atoms with Crippen LogP contribution in [0.15, 0.2) is 16.6 Å². The van der Waals surface area contributed by atoms with Crippen LogP contribution in [0.3, 0.4) is 0 Å². The van der Waals surface area contributed by atoms with Crippen LogP contribution in [0.4, 0.5) is 4.39 Å². The van der Waals surface area contributed by atoms with Crippen molar-refractivity contribution in [3.63, 3.8) is 0 Å². The van der Waals surface area contributed by atoms with Crippen LogP contribution in [0.25, 0.3) is 0 Å². The van der Waals surface area contributed by atoms with E-state index in [0.29, 0.717) is 0 Å². The lowest BCUT2D eigenvalue weighted by Gasteiger charge is -2.38. The molecule has 1 unspecified atom stereocenters. The third-order valence-corrected chi connectivity index (χ3v) is 9.70. The summed E-state index contributed by atoms with van der Waals surface area (Å²) in [5, 5.41) is 0.151. The zero-order valence-electron chi connectivity index (χ0n) is 12.3. The molecule has 0 aliphatic heterocycles. The minimum absolute atomic E-state index is 0.0756. The van der Waals surface area contributed by atoms with Crippen LogP contribution in [0, 0.1) is 5.82 Å². The molecule has 19 heavy (non-hydrogen) atoms. The van der Waals surface area contributed by atoms with Crippen LogP contribution >= 0.6 is 15.9 Å². The smallest absolute Gasteiger partial charge is 0.192 e. The van der Waals surface area contributed by atoms with Crippen LogP contribution in [-0.2, 0) is 10.8 Å². The molecule has 106 valence electrons. The molecular formula is C15H22BrFOSi. The molecule has 0 N–H and O–H groups in total. The SMILES string of the molecule is CC(C)(C)[Si](C)(C)OC1CCc2c(Br)ccc(F)c21. The molecule has 0 heterocycles. The van der Waals surface area contributed by atoms with Crippen LogP contribution in [0.1, 0.15) is 44.4 Å². The fourth-order valence-electron chi connectivity index (χ4n) is 2.28. The minimum Gasteiger partial charge on any atom is -0.410 e. The molecule has 1 aliphatic carbocycles. The van der Waals surface area contributed by atoms with Gasteiger partial charge in [0.25, 0.3) is 0 Å². The van der Waals surface area contributed by atoms with Gasteiger partial charge in [-0.25, -0.2) is 4.39 Å². The molecule has 1 nitrogen and oxygen atoms in total. The van der Waals surface area contributed by atoms with Crippen LogP contribution in [0.2, 0.25) is 18.1 Å². The third-order valence-electron chi connectivity index (χ3n) is 4.47. The Morgan fingerprint density at radius 2 is 1.95 bits per heavy atom. The number of hydrogen-bond acceptors (Lipinski definition) is 1. The summed E-state index contributed by atoms with van der Waals surface area (Å²) in [6.07, 6.45) is 1.71. The number of benzene rings is 1. The van der Waals surface area contributed by atoms with Gasteiger partial charge in [-0.2, -0.15) is 0 Å². The number of rotatable bonds is 2. The second-order valence-electron chi connectivity index (χ2n) is 6.83. The van der Waals surface area contributed by atoms with E-state index in [4.69, 9.17) is 4.43 Å². The molecule has 0 spiro atoms. The van der Waals surface area contributed by atoms with Gasteiger partial charge in [0.1, 0.15) is 5.82 Å². The van der Waals surface area contributed by atoms with E-state index in [1.165, 1.54) is 6.07 Å². The van der Waals surface area contributed by atoms with E-state index in [2.05, 4.69) is 49.8 Å². The lowest BCUT2D eigenvalue weighted by atomic mass is 10.1. The summed E-state index contributed by atoms with van der Waals surface area (Å²) in [5.74, 6) is -0.126. The monoisotopic (exact) mass is 344 g/mol. The predicted octanol–water partition coefficient (Wildman–Crippen LogP) is 5.60. The van der Waals surface area contributed by atoms with Gasteiger partial charge in [-0.15, -0.1) is 0 Å². The van der Waals surface area contributed by atoms with E-state index in [0.717, 1.165) is 28.4 Å². The van der Waals surface area contributed by atoms with Gasteiger partial charge in [-0.05, 0) is 48.7 Å². The van der Waals surface area contributed by atoms with E-state index in [1.54, 1.807) is 6.07 Å². The van der Waals surface area contributed by atoms with Crippen molar-refractivity contribution in [2.45, 2.75) is 57.8 Å². The largest absolute Gasteiger partial charge is 0.410 e. The first kappa shape index (κ1) is 15.2. The minimum atomic E-state index is -1.86. The molecule has 0 amide bonds. The Bertz CT molecular complexity index is 494. The highest BCUT2D eigenvalue weighted by Gasteiger charge is 2.41. The van der Waals surface area contributed by atoms with Gasteiger partial charge in [-0.3, -0.25) is 0 Å². The van der Waals surface area contributed by atoms with E-state index in [-0.39, 0.29) is 17.0 Å². The first-order valence-electron chi connectivity index (χ1n) is 6.78. The molecule has 0 saturated carbocycles. The molecule has 0 aromatic heterocycles. The quantitative estimate of drug-likeness (QED) is 0.634. The fraction of sp³-hybridized carbons (Fsp3) is 0.600. The zero-order chi connectivity index (χ0) is 14.4. The summed E-state index contributed by atoms with van der Waals surface area (Å²) in [6, 6.07) is 3.33. The lowest BCUT2D eigenvalue weighted by Crippen LogP contribution is -2.41. The predicted molar refractivity (Wildman–Crippen MR) is 83.4 cm³/mol. The Morgan fingerprint density at radius 1 is 1.32 bits per heavy atom. The molecule has 0 saturated heterocycles. The fourth-order valence-corrected chi connectivity index (χ4v) is 4.13. The van der Waals surface area contributed by atoms with Crippen molar-refractivity contribution in [2.24, 2.45) is 0 Å². The van der Waals surface area contributed by atoms with Crippen molar-refractivity contribution in [3.05, 3.63) is 33.5 Å². The highest BCUT2D eigenvalue weighted by atomic mass is 79.9. The number of hydrogen-bond donors (Lipinski definition) is 0. The number of halogens is 2. The summed E-state index contributed by atoms with van der Waals surface area (Å²) in [4.78, 5) is 0. The Morgan fingerprint density at radius 3 is 2.53 bits per heavy atom. The molecule has 1 aromatic carbocycles. The summed E-state index contributed by atoms with van der Waals surface area (Å²) in [6.45, 7) is 11.1. The highest BCUT2D eigenvalue weighted by molar-refractivity contribution is 9.10. The number of fused-ring (bicyclic) bond motifs is 1. The van der Waals surface area contributed by atoms with Gasteiger partial charge in [0.15, 0.2) is 8.32 Å². The first-order chi connectivity index (χ1) is 8.63. The Labute approximate surface area is 124 Å². The molecule has 0 bridgehead atoms. The summed E-state index contributed by atoms with van der Waals surface area (Å²) in [7, 11) is -1.86. The second-order valence-corrected chi connectivity index (χ2v) is 12.4. The van der Waals surface area contributed by atoms with Gasteiger partial charge >= 0.3 is 0 Å². The van der Waals surface area contributed by atoms with Gasteiger partial charge < -0.3 is 4.43 Å². The summed E-state index contributed by atoms with van der Waals surface area (Å²) >= 11 is 3.52. The highest BCUT2D eigenvalue weighted by Crippen LogP contribution is 2.45. The topological polar surface area (TPSA) is 9.23 Å². The molecular weight excluding hydrogens is 323 g/mol. The van der Waals surface area contributed by atoms with Gasteiger partial charge in [0.2, 0.25) is 0 Å². The Kier molecular flexibility index (Phi) is 3.98. The average Bonchev–Trinajstić information content (AvgIpc) is 2.66. The molecule has 1 aliphatic rings. The van der Waals surface area contributed by atoms with Crippen LogP contribution < -0.4 is 0 Å². The zero-order valence-corrected chi connectivity index (χ0v) is 14.9. The normalized spacial score (nSPS) is 19.6. The Hall–Kier alpha value is -0.193. The van der Waals surface area contributed by atoms with Crippen LogP contribution in [-0.4, -0.2) is 8.32 Å². The maximum absolute atomic E-state index is 14.1. The van der Waals surface area contributed by atoms with E-state index in [1.807, 2.05) is 0 Å². The molecule has 1 atom stereocenters. The third kappa shape index (κ3) is 2.81.